The molecule has 0 aromatic rings. The second kappa shape index (κ2) is 4.22. The van der Waals surface area contributed by atoms with Gasteiger partial charge in [0, 0.05) is 0 Å². The van der Waals surface area contributed by atoms with Crippen molar-refractivity contribution in [3.63, 3.8) is 0 Å². The standard InChI is InChI=1S/C3H8N3/c1-2-3-5-6-4/h5H,2-3H2,1H3/q+1. The molecule has 0 radical (unpaired) electrons. The molecule has 0 aliphatic carbocycles. The molecule has 6 heavy (non-hydrogen) atoms. The first-order chi connectivity index (χ1) is 2.91. The van der Waals surface area contributed by atoms with Crippen LogP contribution in [0.3, 0.4) is 0 Å². The summed E-state index contributed by atoms with van der Waals surface area (Å²) >= 11 is 0. The van der Waals surface area contributed by atoms with Gasteiger partial charge in [-0.1, -0.05) is 6.92 Å². The fourth-order valence-corrected chi connectivity index (χ4v) is 0.162. The highest BCUT2D eigenvalue weighted by Crippen LogP contribution is 1.65. The Balaban J connectivity index is 2.54. The lowest BCUT2D eigenvalue weighted by Gasteiger charge is -1.72. The van der Waals surface area contributed by atoms with Gasteiger partial charge in [0.15, 0.2) is 0 Å². The molecule has 3 nitrogen and oxygen atoms in total. The van der Waals surface area contributed by atoms with E-state index in [0.29, 0.717) is 0 Å². The van der Waals surface area contributed by atoms with E-state index in [2.05, 4.69) is 10.5 Å². The van der Waals surface area contributed by atoms with Crippen molar-refractivity contribution in [3.8, 4) is 0 Å². The van der Waals surface area contributed by atoms with Crippen molar-refractivity contribution in [1.82, 2.24) is 5.43 Å². The second-order valence-electron chi connectivity index (χ2n) is 1.01. The van der Waals surface area contributed by atoms with Crippen molar-refractivity contribution >= 4 is 0 Å². The summed E-state index contributed by atoms with van der Waals surface area (Å²) < 4.78 is 0. The van der Waals surface area contributed by atoms with Crippen molar-refractivity contribution in [1.29, 1.82) is 5.39 Å². The van der Waals surface area contributed by atoms with Crippen LogP contribution in [-0.2, 0) is 0 Å². The molecule has 0 saturated heterocycles. The Labute approximate surface area is 36.9 Å². The van der Waals surface area contributed by atoms with Gasteiger partial charge in [-0.05, 0) is 11.8 Å². The third-order valence-electron chi connectivity index (χ3n) is 0.433. The van der Waals surface area contributed by atoms with E-state index in [9.17, 15) is 0 Å². The van der Waals surface area contributed by atoms with E-state index in [0.717, 1.165) is 13.0 Å². The molecule has 0 bridgehead atoms. The lowest BCUT2D eigenvalue weighted by atomic mass is 10.5. The minimum Gasteiger partial charge on any atom is -0.0635 e. The van der Waals surface area contributed by atoms with E-state index in [1.807, 2.05) is 6.92 Å². The van der Waals surface area contributed by atoms with E-state index in [-0.39, 0.29) is 0 Å². The van der Waals surface area contributed by atoms with E-state index in [1.54, 1.807) is 0 Å². The molecule has 0 aromatic carbocycles. The summed E-state index contributed by atoms with van der Waals surface area (Å²) in [6.45, 7) is 2.74. The van der Waals surface area contributed by atoms with Gasteiger partial charge >= 0.3 is 5.08 Å². The molecule has 0 heterocycles. The molecule has 0 spiro atoms. The van der Waals surface area contributed by atoms with Crippen molar-refractivity contribution in [2.75, 3.05) is 6.54 Å². The summed E-state index contributed by atoms with van der Waals surface area (Å²) in [5, 5.41) is 10.4. The second-order valence-corrected chi connectivity index (χ2v) is 1.01. The van der Waals surface area contributed by atoms with Crippen LogP contribution >= 0.6 is 0 Å². The maximum absolute atomic E-state index is 7.71. The Morgan fingerprint density at radius 1 is 1.83 bits per heavy atom. The number of hydrogen-bond donors (Lipinski definition) is 1. The first-order valence-electron chi connectivity index (χ1n) is 1.98. The molecule has 0 fully saturated rings. The summed E-state index contributed by atoms with van der Waals surface area (Å²) in [5.74, 6) is 0. The first-order valence-corrected chi connectivity index (χ1v) is 1.98. The first kappa shape index (κ1) is 5.22. The normalized spacial score (nSPS) is 6.67. The number of hydrogen-bond acceptors (Lipinski definition) is 2. The smallest absolute Gasteiger partial charge is 0.0635 e. The van der Waals surface area contributed by atoms with Crippen molar-refractivity contribution in [3.05, 3.63) is 5.08 Å². The molecule has 0 saturated carbocycles. The Hall–Kier alpha value is -0.780. The largest absolute Gasteiger partial charge is 0.302 e. The quantitative estimate of drug-likeness (QED) is 0.306. The minimum absolute atomic E-state index is 0.747. The van der Waals surface area contributed by atoms with Crippen molar-refractivity contribution in [2.45, 2.75) is 13.3 Å². The highest BCUT2D eigenvalue weighted by Gasteiger charge is 1.80. The van der Waals surface area contributed by atoms with Gasteiger partial charge in [-0.25, -0.2) is 0 Å². The molecular formula is C3H8N3+. The SMILES string of the molecule is CCCN[N+]#N. The summed E-state index contributed by atoms with van der Waals surface area (Å²) in [6, 6.07) is 0. The van der Waals surface area contributed by atoms with E-state index in [1.165, 1.54) is 0 Å². The summed E-state index contributed by atoms with van der Waals surface area (Å²) in [7, 11) is 0. The third kappa shape index (κ3) is 3.22. The lowest BCUT2D eigenvalue weighted by Crippen LogP contribution is -2.01. The van der Waals surface area contributed by atoms with Crippen LogP contribution in [0, 0.1) is 5.39 Å². The van der Waals surface area contributed by atoms with Crippen LogP contribution in [0.1, 0.15) is 13.3 Å². The number of rotatable bonds is 2. The predicted molar refractivity (Wildman–Crippen MR) is 23.4 cm³/mol. The van der Waals surface area contributed by atoms with Gasteiger partial charge in [-0.2, -0.15) is 0 Å². The summed E-state index contributed by atoms with van der Waals surface area (Å²) in [5.41, 5.74) is 2.38. The number of diazo groups is 1. The van der Waals surface area contributed by atoms with Crippen LogP contribution in [0.25, 0.3) is 5.08 Å². The molecule has 0 unspecified atom stereocenters. The molecule has 34 valence electrons. The Morgan fingerprint density at radius 3 is 2.67 bits per heavy atom. The van der Waals surface area contributed by atoms with Gasteiger partial charge in [-0.15, -0.1) is 0 Å². The van der Waals surface area contributed by atoms with Crippen LogP contribution in [0.15, 0.2) is 0 Å². The molecule has 0 rings (SSSR count). The fraction of sp³-hybridized carbons (Fsp3) is 1.00. The Morgan fingerprint density at radius 2 is 2.50 bits per heavy atom. The molecular weight excluding hydrogens is 78.1 g/mol. The van der Waals surface area contributed by atoms with Crippen molar-refractivity contribution in [2.24, 2.45) is 0 Å². The monoisotopic (exact) mass is 86.1 g/mol. The van der Waals surface area contributed by atoms with Gasteiger partial charge in [0.1, 0.15) is 0 Å². The highest BCUT2D eigenvalue weighted by atomic mass is 15.3. The Bertz CT molecular complexity index is 53.5. The number of nitrogens with one attached hydrogen (secondary N) is 1. The van der Waals surface area contributed by atoms with Crippen LogP contribution in [0.4, 0.5) is 0 Å². The average molecular weight is 86.1 g/mol. The van der Waals surface area contributed by atoms with E-state index >= 15 is 0 Å². The highest BCUT2D eigenvalue weighted by molar-refractivity contribution is 4.39. The average Bonchev–Trinajstić information content (AvgIpc) is 1.61. The minimum atomic E-state index is 0.747. The van der Waals surface area contributed by atoms with Crippen LogP contribution in [-0.4, -0.2) is 6.54 Å². The molecule has 1 N–H and O–H groups in total. The zero-order valence-corrected chi connectivity index (χ0v) is 3.81. The molecule has 3 heteroatoms. The van der Waals surface area contributed by atoms with Crippen molar-refractivity contribution < 1.29 is 0 Å². The topological polar surface area (TPSA) is 40.2 Å². The molecule has 0 aliphatic heterocycles. The van der Waals surface area contributed by atoms with Gasteiger partial charge in [0.25, 0.3) is 5.39 Å². The molecule has 0 aliphatic rings. The molecule has 0 amide bonds. The van der Waals surface area contributed by atoms with Gasteiger partial charge in [0.05, 0.1) is 6.54 Å². The van der Waals surface area contributed by atoms with Gasteiger partial charge < -0.3 is 0 Å². The van der Waals surface area contributed by atoms with Crippen LogP contribution in [0.5, 0.6) is 0 Å². The van der Waals surface area contributed by atoms with Gasteiger partial charge in [0.2, 0.25) is 0 Å². The number of nitrogens with zero attached hydrogens (tertiary/aromatic N) is 2. The summed E-state index contributed by atoms with van der Waals surface area (Å²) in [6.07, 6.45) is 0.990. The lowest BCUT2D eigenvalue weighted by molar-refractivity contribution is 0.792. The Kier molecular flexibility index (Phi) is 3.67. The fourth-order valence-electron chi connectivity index (χ4n) is 0.162. The van der Waals surface area contributed by atoms with Crippen LogP contribution < -0.4 is 5.43 Å². The molecule has 0 aromatic heterocycles. The van der Waals surface area contributed by atoms with Crippen LogP contribution in [0.2, 0.25) is 0 Å². The van der Waals surface area contributed by atoms with Gasteiger partial charge in [-0.3, -0.25) is 0 Å². The predicted octanol–water partition coefficient (Wildman–Crippen LogP) is 0.754. The van der Waals surface area contributed by atoms with E-state index < -0.39 is 0 Å². The van der Waals surface area contributed by atoms with E-state index in [4.69, 9.17) is 5.39 Å². The maximum atomic E-state index is 7.71. The maximum Gasteiger partial charge on any atom is 0.302 e. The molecule has 0 atom stereocenters. The third-order valence-corrected chi connectivity index (χ3v) is 0.433. The zero-order valence-electron chi connectivity index (χ0n) is 3.81. The summed E-state index contributed by atoms with van der Waals surface area (Å²) in [4.78, 5) is 0. The zero-order chi connectivity index (χ0) is 4.83.